The molecule has 1 fully saturated rings. The van der Waals surface area contributed by atoms with Crippen molar-refractivity contribution in [3.05, 3.63) is 33.1 Å². The van der Waals surface area contributed by atoms with E-state index in [1.807, 2.05) is 18.7 Å². The number of benzene rings is 1. The molecule has 1 aromatic rings. The lowest BCUT2D eigenvalue weighted by Gasteiger charge is -2.38. The molecule has 2 unspecified atom stereocenters. The van der Waals surface area contributed by atoms with Crippen LogP contribution in [0.4, 0.5) is 15.8 Å². The quantitative estimate of drug-likeness (QED) is 0.671. The predicted molar refractivity (Wildman–Crippen MR) is 72.3 cm³/mol. The van der Waals surface area contributed by atoms with Crippen LogP contribution >= 0.6 is 11.6 Å². The Labute approximate surface area is 115 Å². The van der Waals surface area contributed by atoms with Crippen molar-refractivity contribution in [3.63, 3.8) is 0 Å². The van der Waals surface area contributed by atoms with Crippen LogP contribution in [0.25, 0.3) is 0 Å². The van der Waals surface area contributed by atoms with Crippen LogP contribution in [-0.4, -0.2) is 30.1 Å². The number of hydrogen-bond acceptors (Lipinski definition) is 4. The highest BCUT2D eigenvalue weighted by atomic mass is 35.5. The van der Waals surface area contributed by atoms with E-state index >= 15 is 0 Å². The van der Waals surface area contributed by atoms with Gasteiger partial charge in [-0.1, -0.05) is 11.6 Å². The summed E-state index contributed by atoms with van der Waals surface area (Å²) in [6, 6.07) is 2.51. The molecule has 2 rings (SSSR count). The standard InChI is InChI=1S/C12H15ClFN3O2/c1-7-6-16(8(2)5-15-7)11-3-9(13)10(14)4-12(11)17(18)19/h3-4,7-8,15H,5-6H2,1-2H3. The first-order valence-corrected chi connectivity index (χ1v) is 6.41. The molecule has 1 aliphatic rings. The van der Waals surface area contributed by atoms with Gasteiger partial charge in [0, 0.05) is 25.2 Å². The van der Waals surface area contributed by atoms with Gasteiger partial charge < -0.3 is 10.2 Å². The lowest BCUT2D eigenvalue weighted by molar-refractivity contribution is -0.384. The van der Waals surface area contributed by atoms with E-state index in [2.05, 4.69) is 5.32 Å². The van der Waals surface area contributed by atoms with Gasteiger partial charge in [0.25, 0.3) is 5.69 Å². The van der Waals surface area contributed by atoms with Gasteiger partial charge in [0.15, 0.2) is 0 Å². The third-order valence-electron chi connectivity index (χ3n) is 3.29. The number of nitrogens with one attached hydrogen (secondary N) is 1. The van der Waals surface area contributed by atoms with Crippen molar-refractivity contribution in [2.24, 2.45) is 0 Å². The van der Waals surface area contributed by atoms with Crippen LogP contribution in [0.5, 0.6) is 0 Å². The number of rotatable bonds is 2. The lowest BCUT2D eigenvalue weighted by Crippen LogP contribution is -2.54. The van der Waals surface area contributed by atoms with Crippen molar-refractivity contribution in [1.82, 2.24) is 5.32 Å². The Morgan fingerprint density at radius 1 is 1.53 bits per heavy atom. The SMILES string of the molecule is CC1CN(c2cc(Cl)c(F)cc2[N+](=O)[O-])C(C)CN1. The summed E-state index contributed by atoms with van der Waals surface area (Å²) < 4.78 is 13.4. The molecule has 1 aromatic carbocycles. The highest BCUT2D eigenvalue weighted by molar-refractivity contribution is 6.31. The molecule has 1 N–H and O–H groups in total. The number of nitro groups is 1. The zero-order chi connectivity index (χ0) is 14.2. The van der Waals surface area contributed by atoms with E-state index in [-0.39, 0.29) is 22.8 Å². The van der Waals surface area contributed by atoms with Gasteiger partial charge in [0.2, 0.25) is 0 Å². The van der Waals surface area contributed by atoms with E-state index in [0.717, 1.165) is 6.07 Å². The second-order valence-electron chi connectivity index (χ2n) is 4.82. The van der Waals surface area contributed by atoms with Gasteiger partial charge in [-0.15, -0.1) is 0 Å². The minimum absolute atomic E-state index is 0.0800. The van der Waals surface area contributed by atoms with Crippen LogP contribution in [0.2, 0.25) is 5.02 Å². The Morgan fingerprint density at radius 2 is 2.21 bits per heavy atom. The normalized spacial score (nSPS) is 23.5. The fourth-order valence-corrected chi connectivity index (χ4v) is 2.42. The van der Waals surface area contributed by atoms with Crippen molar-refractivity contribution in [3.8, 4) is 0 Å². The van der Waals surface area contributed by atoms with Crippen molar-refractivity contribution in [1.29, 1.82) is 0 Å². The zero-order valence-electron chi connectivity index (χ0n) is 10.7. The molecule has 1 heterocycles. The maximum Gasteiger partial charge on any atom is 0.295 e. The summed E-state index contributed by atoms with van der Waals surface area (Å²) in [4.78, 5) is 12.4. The highest BCUT2D eigenvalue weighted by Gasteiger charge is 2.29. The second kappa shape index (κ2) is 5.30. The molecule has 0 saturated carbocycles. The Bertz CT molecular complexity index is 512. The fourth-order valence-electron chi connectivity index (χ4n) is 2.26. The Hall–Kier alpha value is -1.40. The molecule has 1 aliphatic heterocycles. The van der Waals surface area contributed by atoms with Gasteiger partial charge in [0.05, 0.1) is 16.0 Å². The molecule has 2 atom stereocenters. The lowest BCUT2D eigenvalue weighted by atomic mass is 10.1. The first-order valence-electron chi connectivity index (χ1n) is 6.03. The smallest absolute Gasteiger partial charge is 0.295 e. The topological polar surface area (TPSA) is 58.4 Å². The molecule has 0 bridgehead atoms. The summed E-state index contributed by atoms with van der Waals surface area (Å²) in [6.45, 7) is 5.28. The minimum Gasteiger partial charge on any atom is -0.360 e. The summed E-state index contributed by atoms with van der Waals surface area (Å²) in [6.07, 6.45) is 0. The number of anilines is 1. The van der Waals surface area contributed by atoms with Crippen molar-refractivity contribution in [2.45, 2.75) is 25.9 Å². The van der Waals surface area contributed by atoms with E-state index in [1.54, 1.807) is 0 Å². The maximum absolute atomic E-state index is 13.4. The molecule has 5 nitrogen and oxygen atoms in total. The van der Waals surface area contributed by atoms with Crippen LogP contribution in [0.1, 0.15) is 13.8 Å². The largest absolute Gasteiger partial charge is 0.360 e. The Morgan fingerprint density at radius 3 is 2.84 bits per heavy atom. The van der Waals surface area contributed by atoms with Gasteiger partial charge in [-0.2, -0.15) is 0 Å². The van der Waals surface area contributed by atoms with Gasteiger partial charge >= 0.3 is 0 Å². The summed E-state index contributed by atoms with van der Waals surface area (Å²) in [5, 5.41) is 14.3. The molecule has 0 aliphatic carbocycles. The number of hydrogen-bond donors (Lipinski definition) is 1. The first kappa shape index (κ1) is 14.0. The highest BCUT2D eigenvalue weighted by Crippen LogP contribution is 2.34. The summed E-state index contributed by atoms with van der Waals surface area (Å²) in [5.74, 6) is -0.770. The van der Waals surface area contributed by atoms with E-state index in [1.165, 1.54) is 6.07 Å². The summed E-state index contributed by atoms with van der Waals surface area (Å²) in [5.41, 5.74) is 0.125. The molecular weight excluding hydrogens is 273 g/mol. The summed E-state index contributed by atoms with van der Waals surface area (Å²) >= 11 is 5.75. The monoisotopic (exact) mass is 287 g/mol. The van der Waals surface area contributed by atoms with Gasteiger partial charge in [-0.05, 0) is 19.9 Å². The van der Waals surface area contributed by atoms with Crippen LogP contribution in [0.15, 0.2) is 12.1 Å². The van der Waals surface area contributed by atoms with Gasteiger partial charge in [-0.25, -0.2) is 4.39 Å². The first-order chi connectivity index (χ1) is 8.90. The Kier molecular flexibility index (Phi) is 3.91. The fraction of sp³-hybridized carbons (Fsp3) is 0.500. The van der Waals surface area contributed by atoms with E-state index in [9.17, 15) is 14.5 Å². The molecule has 0 radical (unpaired) electrons. The molecular formula is C12H15ClFN3O2. The van der Waals surface area contributed by atoms with Gasteiger partial charge in [-0.3, -0.25) is 10.1 Å². The molecule has 19 heavy (non-hydrogen) atoms. The average molecular weight is 288 g/mol. The molecule has 0 aromatic heterocycles. The van der Waals surface area contributed by atoms with Crippen LogP contribution < -0.4 is 10.2 Å². The van der Waals surface area contributed by atoms with Crippen LogP contribution in [0, 0.1) is 15.9 Å². The molecule has 0 amide bonds. The predicted octanol–water partition coefficient (Wildman–Crippen LogP) is 2.57. The number of nitrogens with zero attached hydrogens (tertiary/aromatic N) is 2. The van der Waals surface area contributed by atoms with Crippen molar-refractivity contribution < 1.29 is 9.31 Å². The van der Waals surface area contributed by atoms with Crippen molar-refractivity contribution >= 4 is 23.0 Å². The molecule has 1 saturated heterocycles. The van der Waals surface area contributed by atoms with Crippen molar-refractivity contribution in [2.75, 3.05) is 18.0 Å². The zero-order valence-corrected chi connectivity index (χ0v) is 11.4. The second-order valence-corrected chi connectivity index (χ2v) is 5.23. The average Bonchev–Trinajstić information content (AvgIpc) is 2.35. The molecule has 104 valence electrons. The number of piperazine rings is 1. The maximum atomic E-state index is 13.4. The summed E-state index contributed by atoms with van der Waals surface area (Å²) in [7, 11) is 0. The van der Waals surface area contributed by atoms with Crippen LogP contribution in [-0.2, 0) is 0 Å². The number of nitro benzene ring substituents is 1. The van der Waals surface area contributed by atoms with E-state index < -0.39 is 10.7 Å². The van der Waals surface area contributed by atoms with E-state index in [4.69, 9.17) is 11.6 Å². The van der Waals surface area contributed by atoms with E-state index in [0.29, 0.717) is 18.8 Å². The minimum atomic E-state index is -0.770. The number of halogens is 2. The molecule has 0 spiro atoms. The van der Waals surface area contributed by atoms with Crippen LogP contribution in [0.3, 0.4) is 0 Å². The molecule has 7 heteroatoms. The third kappa shape index (κ3) is 2.79. The Balaban J connectivity index is 2.47. The van der Waals surface area contributed by atoms with Gasteiger partial charge in [0.1, 0.15) is 11.5 Å². The third-order valence-corrected chi connectivity index (χ3v) is 3.58.